The molecule has 36 heavy (non-hydrogen) atoms. The van der Waals surface area contributed by atoms with Crippen LogP contribution in [0.5, 0.6) is 5.75 Å². The maximum absolute atomic E-state index is 11.4. The van der Waals surface area contributed by atoms with E-state index in [4.69, 9.17) is 27.8 Å². The van der Waals surface area contributed by atoms with Crippen molar-refractivity contribution in [3.05, 3.63) is 65.4 Å². The van der Waals surface area contributed by atoms with Crippen LogP contribution in [0.2, 0.25) is 5.02 Å². The van der Waals surface area contributed by atoms with Gasteiger partial charge < -0.3 is 31.5 Å². The van der Waals surface area contributed by atoms with Gasteiger partial charge in [0.2, 0.25) is 5.91 Å². The fourth-order valence-corrected chi connectivity index (χ4v) is 3.71. The molecule has 0 spiro atoms. The molecule has 188 valence electrons. The number of benzene rings is 2. The van der Waals surface area contributed by atoms with Crippen molar-refractivity contribution in [3.8, 4) is 5.75 Å². The van der Waals surface area contributed by atoms with Crippen LogP contribution < -0.4 is 26.4 Å². The van der Waals surface area contributed by atoms with Gasteiger partial charge in [-0.3, -0.25) is 4.79 Å². The van der Waals surface area contributed by atoms with Gasteiger partial charge in [-0.1, -0.05) is 23.7 Å². The van der Waals surface area contributed by atoms with Gasteiger partial charge in [-0.15, -0.1) is 0 Å². The molecule has 2 fully saturated rings. The Labute approximate surface area is 214 Å². The van der Waals surface area contributed by atoms with E-state index in [-0.39, 0.29) is 29.6 Å². The van der Waals surface area contributed by atoms with Gasteiger partial charge >= 0.3 is 0 Å². The lowest BCUT2D eigenvalue weighted by Gasteiger charge is -2.37. The van der Waals surface area contributed by atoms with Gasteiger partial charge in [0.25, 0.3) is 0 Å². The number of amides is 1. The van der Waals surface area contributed by atoms with Gasteiger partial charge in [-0.05, 0) is 49.2 Å². The molecule has 1 aliphatic heterocycles. The number of nitrogens with one attached hydrogen (secondary N) is 1. The number of hydrogen-bond acceptors (Lipinski definition) is 8. The number of ether oxygens (including phenoxy) is 1. The molecule has 1 saturated heterocycles. The van der Waals surface area contributed by atoms with Crippen LogP contribution >= 0.6 is 11.6 Å². The summed E-state index contributed by atoms with van der Waals surface area (Å²) in [6.45, 7) is 0.974. The lowest BCUT2D eigenvalue weighted by Crippen LogP contribution is -2.51. The zero-order chi connectivity index (χ0) is 25.7. The molecule has 0 radical (unpaired) electrons. The zero-order valence-electron chi connectivity index (χ0n) is 19.8. The summed E-state index contributed by atoms with van der Waals surface area (Å²) in [5, 5.41) is 12.5. The van der Waals surface area contributed by atoms with Crippen LogP contribution in [0.15, 0.2) is 59.9 Å². The van der Waals surface area contributed by atoms with E-state index >= 15 is 0 Å². The molecule has 2 aliphatic rings. The second kappa shape index (κ2) is 11.2. The van der Waals surface area contributed by atoms with Crippen molar-refractivity contribution in [1.82, 2.24) is 9.97 Å². The number of carbonyl (C=O) groups is 1. The van der Waals surface area contributed by atoms with E-state index in [1.807, 2.05) is 41.3 Å². The zero-order valence-corrected chi connectivity index (χ0v) is 20.5. The summed E-state index contributed by atoms with van der Waals surface area (Å²) in [6.07, 6.45) is 3.07. The first kappa shape index (κ1) is 25.2. The number of aliphatic hydroxyl groups excluding tert-OH is 1. The van der Waals surface area contributed by atoms with Crippen LogP contribution in [0.25, 0.3) is 0 Å². The van der Waals surface area contributed by atoms with E-state index in [1.54, 1.807) is 19.2 Å². The number of nitrogens with two attached hydrogens (primary N) is 2. The minimum Gasteiger partial charge on any atom is -0.497 e. The molecule has 6 N–H and O–H groups in total. The van der Waals surface area contributed by atoms with Crippen molar-refractivity contribution < 1.29 is 14.6 Å². The van der Waals surface area contributed by atoms with E-state index in [1.165, 1.54) is 6.33 Å². The van der Waals surface area contributed by atoms with Gasteiger partial charge in [-0.2, -0.15) is 0 Å². The molecule has 5 rings (SSSR count). The number of aliphatic hydroxyl groups is 1. The van der Waals surface area contributed by atoms with Crippen molar-refractivity contribution in [2.45, 2.75) is 18.9 Å². The van der Waals surface area contributed by atoms with Crippen molar-refractivity contribution in [1.29, 1.82) is 0 Å². The van der Waals surface area contributed by atoms with Gasteiger partial charge in [0, 0.05) is 35.9 Å². The molecule has 1 saturated carbocycles. The third-order valence-corrected chi connectivity index (χ3v) is 6.02. The van der Waals surface area contributed by atoms with Gasteiger partial charge in [0.05, 0.1) is 13.2 Å². The topological polar surface area (TPSA) is 152 Å². The first-order valence-electron chi connectivity index (χ1n) is 11.4. The third-order valence-electron chi connectivity index (χ3n) is 5.68. The van der Waals surface area contributed by atoms with Gasteiger partial charge in [-0.25, -0.2) is 15.0 Å². The summed E-state index contributed by atoms with van der Waals surface area (Å²) in [6, 6.07) is 14.5. The third kappa shape index (κ3) is 6.21. The number of rotatable bonds is 6. The molecule has 2 aromatic carbocycles. The number of β-amino-alcohol motifs (C(OH)–C–C–N with tert-alkyl or cyclic N) is 1. The number of nitrogens with zero attached hydrogens (tertiary/aromatic N) is 4. The number of nitrogen functional groups attached to an aromatic ring is 1. The fraction of sp³-hybridized carbons (Fsp3) is 0.280. The standard InChI is InChI=1S/C14H15ClN6O.C11H13NO2/c15-11-13(18-7-19-14(11)21-5-8(22)6-21)20-12(17)9-3-1-2-4-10(9)16;1-14-10-6-4-9(5-7-10)12-11(13)8-2-3-8/h1-4,7-8,22H,5-6,16H2,(H2,17,18,19,20);4-8H,2-3H2,1H3,(H,12,13). The van der Waals surface area contributed by atoms with Crippen molar-refractivity contribution in [3.63, 3.8) is 0 Å². The average molecular weight is 510 g/mol. The Kier molecular flexibility index (Phi) is 7.87. The molecular weight excluding hydrogens is 482 g/mol. The smallest absolute Gasteiger partial charge is 0.227 e. The van der Waals surface area contributed by atoms with Crippen molar-refractivity contribution >= 4 is 46.4 Å². The number of amidine groups is 1. The van der Waals surface area contributed by atoms with Crippen LogP contribution in [0.3, 0.4) is 0 Å². The Morgan fingerprint density at radius 1 is 1.17 bits per heavy atom. The second-order valence-corrected chi connectivity index (χ2v) is 8.85. The maximum atomic E-state index is 11.4. The molecular formula is C25H28ClN7O3. The Morgan fingerprint density at radius 2 is 1.86 bits per heavy atom. The molecule has 3 aromatic rings. The number of methoxy groups -OCH3 is 1. The van der Waals surface area contributed by atoms with Crippen LogP contribution in [0.4, 0.5) is 23.0 Å². The summed E-state index contributed by atoms with van der Waals surface area (Å²) >= 11 is 6.29. The van der Waals surface area contributed by atoms with E-state index in [0.717, 1.165) is 24.3 Å². The van der Waals surface area contributed by atoms with Crippen LogP contribution in [0, 0.1) is 5.92 Å². The number of para-hydroxylation sites is 1. The highest BCUT2D eigenvalue weighted by Crippen LogP contribution is 2.33. The monoisotopic (exact) mass is 509 g/mol. The first-order valence-corrected chi connectivity index (χ1v) is 11.8. The second-order valence-electron chi connectivity index (χ2n) is 8.47. The molecule has 11 heteroatoms. The maximum Gasteiger partial charge on any atom is 0.227 e. The minimum absolute atomic E-state index is 0.134. The summed E-state index contributed by atoms with van der Waals surface area (Å²) in [5.74, 6) is 2.22. The number of hydrogen-bond donors (Lipinski definition) is 4. The SMILES string of the molecule is COc1ccc(NC(=O)C2CC2)cc1.N/C(=N/c1ncnc(N2CC(O)C2)c1Cl)c1ccccc1N. The van der Waals surface area contributed by atoms with Gasteiger partial charge in [0.1, 0.15) is 22.9 Å². The summed E-state index contributed by atoms with van der Waals surface area (Å²) in [5.41, 5.74) is 13.9. The Hall–Kier alpha value is -3.89. The number of aromatic nitrogens is 2. The van der Waals surface area contributed by atoms with E-state index in [2.05, 4.69) is 20.3 Å². The first-order chi connectivity index (χ1) is 17.4. The molecule has 10 nitrogen and oxygen atoms in total. The van der Waals surface area contributed by atoms with E-state index in [0.29, 0.717) is 35.2 Å². The molecule has 0 atom stereocenters. The molecule has 1 amide bonds. The summed E-state index contributed by atoms with van der Waals surface area (Å²) < 4.78 is 5.02. The van der Waals surface area contributed by atoms with Crippen LogP contribution in [-0.4, -0.2) is 53.1 Å². The normalized spacial score (nSPS) is 15.4. The lowest BCUT2D eigenvalue weighted by atomic mass is 10.1. The van der Waals surface area contributed by atoms with Crippen LogP contribution in [0.1, 0.15) is 18.4 Å². The van der Waals surface area contributed by atoms with Crippen molar-refractivity contribution in [2.75, 3.05) is 36.1 Å². The fourth-order valence-electron chi connectivity index (χ4n) is 3.45. The highest BCUT2D eigenvalue weighted by Gasteiger charge is 2.29. The van der Waals surface area contributed by atoms with Crippen LogP contribution in [-0.2, 0) is 4.79 Å². The number of carbonyl (C=O) groups excluding carboxylic acids is 1. The molecule has 0 bridgehead atoms. The molecule has 1 aliphatic carbocycles. The Bertz CT molecular complexity index is 1240. The lowest BCUT2D eigenvalue weighted by molar-refractivity contribution is -0.117. The summed E-state index contributed by atoms with van der Waals surface area (Å²) in [7, 11) is 1.62. The Balaban J connectivity index is 0.000000187. The highest BCUT2D eigenvalue weighted by atomic mass is 35.5. The number of anilines is 3. The number of aliphatic imine (C=N–C) groups is 1. The summed E-state index contributed by atoms with van der Waals surface area (Å²) in [4.78, 5) is 25.7. The molecule has 0 unspecified atom stereocenters. The Morgan fingerprint density at radius 3 is 2.47 bits per heavy atom. The van der Waals surface area contributed by atoms with Crippen molar-refractivity contribution in [2.24, 2.45) is 16.6 Å². The van der Waals surface area contributed by atoms with E-state index < -0.39 is 0 Å². The average Bonchev–Trinajstić information content (AvgIpc) is 3.71. The predicted molar refractivity (Wildman–Crippen MR) is 141 cm³/mol. The highest BCUT2D eigenvalue weighted by molar-refractivity contribution is 6.35. The molecule has 2 heterocycles. The van der Waals surface area contributed by atoms with E-state index in [9.17, 15) is 9.90 Å². The quantitative estimate of drug-likeness (QED) is 0.225. The largest absolute Gasteiger partial charge is 0.497 e. The molecule has 1 aromatic heterocycles. The minimum atomic E-state index is -0.354. The number of halogens is 1. The van der Waals surface area contributed by atoms with Gasteiger partial charge in [0.15, 0.2) is 11.6 Å². The predicted octanol–water partition coefficient (Wildman–Crippen LogP) is 2.97.